The number of aromatic nitrogens is 1. The Bertz CT molecular complexity index is 1180. The number of halogens is 1. The summed E-state index contributed by atoms with van der Waals surface area (Å²) in [5.74, 6) is 0.509. The van der Waals surface area contributed by atoms with Gasteiger partial charge in [-0.2, -0.15) is 0 Å². The first-order chi connectivity index (χ1) is 12.4. The van der Waals surface area contributed by atoms with E-state index in [0.29, 0.717) is 5.88 Å². The fraction of sp³-hybridized carbons (Fsp3) is 0.0455. The fourth-order valence-electron chi connectivity index (χ4n) is 3.68. The Morgan fingerprint density at radius 2 is 1.44 bits per heavy atom. The molecule has 1 nitrogen and oxygen atoms in total. The van der Waals surface area contributed by atoms with Gasteiger partial charge in [0.2, 0.25) is 0 Å². The number of hydrogen-bond donors (Lipinski definition) is 0. The number of alkyl halides is 1. The lowest BCUT2D eigenvalue weighted by molar-refractivity contribution is 1.49. The molecular weight excluding hydrogens is 346 g/mol. The third-order valence-corrected chi connectivity index (χ3v) is 5.86. The van der Waals surface area contributed by atoms with Crippen molar-refractivity contribution in [3.63, 3.8) is 0 Å². The number of rotatable bonds is 2. The number of hydrogen-bond acceptors (Lipinski definition) is 2. The molecule has 0 atom stereocenters. The standard InChI is InChI=1S/C22H14ClNS/c23-12-19-15-5-1-3-7-17(15)22(18-8-4-2-6-16(18)19)14-9-10-20-21(11-14)25-13-24-20/h1-11,13H,12H2. The SMILES string of the molecule is ClCc1c2ccccc2c(-c2ccc3ncsc3c2)c2ccccc12. The zero-order chi connectivity index (χ0) is 16.8. The second-order valence-electron chi connectivity index (χ2n) is 6.11. The maximum absolute atomic E-state index is 6.34. The van der Waals surface area contributed by atoms with Crippen LogP contribution in [-0.4, -0.2) is 4.98 Å². The van der Waals surface area contributed by atoms with E-state index in [9.17, 15) is 0 Å². The zero-order valence-electron chi connectivity index (χ0n) is 13.4. The van der Waals surface area contributed by atoms with Crippen LogP contribution in [0.15, 0.2) is 72.2 Å². The first-order valence-electron chi connectivity index (χ1n) is 8.19. The fourth-order valence-corrected chi connectivity index (χ4v) is 4.69. The Morgan fingerprint density at radius 1 is 0.800 bits per heavy atom. The second kappa shape index (κ2) is 5.83. The molecule has 0 aliphatic heterocycles. The molecule has 0 amide bonds. The van der Waals surface area contributed by atoms with Gasteiger partial charge < -0.3 is 0 Å². The molecule has 3 heteroatoms. The molecule has 0 N–H and O–H groups in total. The van der Waals surface area contributed by atoms with Crippen molar-refractivity contribution in [2.24, 2.45) is 0 Å². The molecule has 0 aliphatic carbocycles. The second-order valence-corrected chi connectivity index (χ2v) is 7.27. The largest absolute Gasteiger partial charge is 0.245 e. The first kappa shape index (κ1) is 14.9. The average Bonchev–Trinajstić information content (AvgIpc) is 3.13. The van der Waals surface area contributed by atoms with Crippen LogP contribution in [0.4, 0.5) is 0 Å². The molecule has 120 valence electrons. The van der Waals surface area contributed by atoms with Crippen molar-refractivity contribution in [2.75, 3.05) is 0 Å². The van der Waals surface area contributed by atoms with Gasteiger partial charge in [-0.25, -0.2) is 4.98 Å². The summed E-state index contributed by atoms with van der Waals surface area (Å²) < 4.78 is 1.21. The van der Waals surface area contributed by atoms with Gasteiger partial charge >= 0.3 is 0 Å². The molecule has 25 heavy (non-hydrogen) atoms. The van der Waals surface area contributed by atoms with Gasteiger partial charge in [0.15, 0.2) is 0 Å². The Kier molecular flexibility index (Phi) is 3.47. The smallest absolute Gasteiger partial charge is 0.0812 e. The van der Waals surface area contributed by atoms with Crippen LogP contribution in [-0.2, 0) is 5.88 Å². The Hall–Kier alpha value is -2.42. The van der Waals surface area contributed by atoms with Crippen LogP contribution < -0.4 is 0 Å². The van der Waals surface area contributed by atoms with E-state index in [-0.39, 0.29) is 0 Å². The summed E-state index contributed by atoms with van der Waals surface area (Å²) in [6.45, 7) is 0. The quantitative estimate of drug-likeness (QED) is 0.244. The first-order valence-corrected chi connectivity index (χ1v) is 9.60. The molecule has 4 aromatic carbocycles. The van der Waals surface area contributed by atoms with E-state index in [1.165, 1.54) is 42.9 Å². The summed E-state index contributed by atoms with van der Waals surface area (Å²) in [4.78, 5) is 4.41. The summed E-state index contributed by atoms with van der Waals surface area (Å²) >= 11 is 8.02. The van der Waals surface area contributed by atoms with Crippen LogP contribution in [0.1, 0.15) is 5.56 Å². The van der Waals surface area contributed by atoms with Crippen LogP contribution in [0.3, 0.4) is 0 Å². The lowest BCUT2D eigenvalue weighted by Crippen LogP contribution is -1.91. The highest BCUT2D eigenvalue weighted by molar-refractivity contribution is 7.16. The predicted octanol–water partition coefficient (Wildman–Crippen LogP) is 7.01. The normalized spacial score (nSPS) is 11.6. The van der Waals surface area contributed by atoms with E-state index in [2.05, 4.69) is 71.7 Å². The molecule has 0 radical (unpaired) electrons. The minimum absolute atomic E-state index is 0.509. The van der Waals surface area contributed by atoms with Gasteiger partial charge in [0.25, 0.3) is 0 Å². The molecule has 1 heterocycles. The molecule has 5 aromatic rings. The van der Waals surface area contributed by atoms with Crippen LogP contribution in [0.5, 0.6) is 0 Å². The molecule has 0 aliphatic rings. The third-order valence-electron chi connectivity index (χ3n) is 4.80. The summed E-state index contributed by atoms with van der Waals surface area (Å²) in [7, 11) is 0. The van der Waals surface area contributed by atoms with E-state index in [1.807, 2.05) is 5.51 Å². The van der Waals surface area contributed by atoms with Crippen molar-refractivity contribution in [1.29, 1.82) is 0 Å². The maximum Gasteiger partial charge on any atom is 0.0812 e. The summed E-state index contributed by atoms with van der Waals surface area (Å²) in [6.07, 6.45) is 0. The number of fused-ring (bicyclic) bond motifs is 3. The van der Waals surface area contributed by atoms with Crippen LogP contribution in [0.2, 0.25) is 0 Å². The van der Waals surface area contributed by atoms with E-state index in [0.717, 1.165) is 5.52 Å². The lowest BCUT2D eigenvalue weighted by Gasteiger charge is -2.16. The van der Waals surface area contributed by atoms with Crippen molar-refractivity contribution in [1.82, 2.24) is 4.98 Å². The topological polar surface area (TPSA) is 12.9 Å². The van der Waals surface area contributed by atoms with Gasteiger partial charge in [-0.15, -0.1) is 22.9 Å². The van der Waals surface area contributed by atoms with Crippen molar-refractivity contribution in [2.45, 2.75) is 5.88 Å². The van der Waals surface area contributed by atoms with Gasteiger partial charge in [0.05, 0.1) is 15.7 Å². The van der Waals surface area contributed by atoms with Crippen molar-refractivity contribution >= 4 is 54.7 Å². The minimum atomic E-state index is 0.509. The highest BCUT2D eigenvalue weighted by Gasteiger charge is 2.14. The molecular formula is C22H14ClNS. The molecule has 0 unspecified atom stereocenters. The minimum Gasteiger partial charge on any atom is -0.245 e. The Labute approximate surface area is 154 Å². The van der Waals surface area contributed by atoms with Gasteiger partial charge in [-0.3, -0.25) is 0 Å². The Balaban J connectivity index is 1.99. The molecule has 0 fully saturated rings. The van der Waals surface area contributed by atoms with Crippen molar-refractivity contribution in [3.8, 4) is 11.1 Å². The highest BCUT2D eigenvalue weighted by atomic mass is 35.5. The highest BCUT2D eigenvalue weighted by Crippen LogP contribution is 2.40. The molecule has 0 bridgehead atoms. The van der Waals surface area contributed by atoms with Crippen molar-refractivity contribution in [3.05, 3.63) is 77.8 Å². The number of nitrogens with zero attached hydrogens (tertiary/aromatic N) is 1. The van der Waals surface area contributed by atoms with E-state index >= 15 is 0 Å². The molecule has 0 saturated carbocycles. The molecule has 0 spiro atoms. The maximum atomic E-state index is 6.34. The number of benzene rings is 4. The average molecular weight is 360 g/mol. The summed E-state index contributed by atoms with van der Waals surface area (Å²) in [5.41, 5.74) is 6.66. The van der Waals surface area contributed by atoms with E-state index in [1.54, 1.807) is 11.3 Å². The van der Waals surface area contributed by atoms with E-state index < -0.39 is 0 Å². The third kappa shape index (κ3) is 2.25. The van der Waals surface area contributed by atoms with Gasteiger partial charge in [0, 0.05) is 5.88 Å². The lowest BCUT2D eigenvalue weighted by atomic mass is 9.89. The van der Waals surface area contributed by atoms with E-state index in [4.69, 9.17) is 11.6 Å². The monoisotopic (exact) mass is 359 g/mol. The molecule has 5 rings (SSSR count). The van der Waals surface area contributed by atoms with Gasteiger partial charge in [-0.05, 0) is 50.4 Å². The predicted molar refractivity (Wildman–Crippen MR) is 110 cm³/mol. The van der Waals surface area contributed by atoms with Gasteiger partial charge in [-0.1, -0.05) is 54.6 Å². The van der Waals surface area contributed by atoms with Gasteiger partial charge in [0.1, 0.15) is 0 Å². The van der Waals surface area contributed by atoms with Crippen LogP contribution in [0, 0.1) is 0 Å². The summed E-state index contributed by atoms with van der Waals surface area (Å²) in [6, 6.07) is 23.7. The van der Waals surface area contributed by atoms with Crippen molar-refractivity contribution < 1.29 is 0 Å². The Morgan fingerprint density at radius 3 is 2.08 bits per heavy atom. The van der Waals surface area contributed by atoms with Crippen LogP contribution >= 0.6 is 22.9 Å². The zero-order valence-corrected chi connectivity index (χ0v) is 14.9. The molecule has 0 saturated heterocycles. The molecule has 1 aromatic heterocycles. The summed E-state index contributed by atoms with van der Waals surface area (Å²) in [5, 5.41) is 4.97. The van der Waals surface area contributed by atoms with Crippen LogP contribution in [0.25, 0.3) is 42.9 Å². The number of thiazole rings is 1.